The molecular formula is C31H31N7O3. The Bertz CT molecular complexity index is 1730. The number of nitrogens with zero attached hydrogens (tertiary/aromatic N) is 5. The van der Waals surface area contributed by atoms with Gasteiger partial charge < -0.3 is 15.1 Å². The minimum atomic E-state index is -0.984. The fraction of sp³-hybridized carbons (Fsp3) is 0.419. The summed E-state index contributed by atoms with van der Waals surface area (Å²) in [7, 11) is 0. The molecule has 0 spiro atoms. The first-order chi connectivity index (χ1) is 19.7. The summed E-state index contributed by atoms with van der Waals surface area (Å²) in [5.74, 6) is -0.486. The minimum Gasteiger partial charge on any atom is -0.441 e. The SMILES string of the molecule is Cc1cccc(-c2ccc3nc(C[C@H](NC(=O)c4cc(C5(C)CC5)nn4C4CC4)C(=O)NC4(C#N)CC4)oc3c2)n1. The largest absolute Gasteiger partial charge is 0.441 e. The molecule has 2 amide bonds. The van der Waals surface area contributed by atoms with Crippen LogP contribution < -0.4 is 10.6 Å². The lowest BCUT2D eigenvalue weighted by molar-refractivity contribution is -0.123. The lowest BCUT2D eigenvalue weighted by atomic mass is 10.1. The number of carbonyl (C=O) groups is 2. The number of rotatable bonds is 9. The van der Waals surface area contributed by atoms with Crippen LogP contribution in [0, 0.1) is 18.3 Å². The molecule has 4 aromatic rings. The molecular weight excluding hydrogens is 518 g/mol. The van der Waals surface area contributed by atoms with Crippen molar-refractivity contribution in [2.45, 2.75) is 81.8 Å². The van der Waals surface area contributed by atoms with Crippen LogP contribution in [-0.2, 0) is 16.6 Å². The molecule has 3 aromatic heterocycles. The number of pyridine rings is 1. The maximum Gasteiger partial charge on any atom is 0.270 e. The maximum atomic E-state index is 13.6. The van der Waals surface area contributed by atoms with E-state index in [1.165, 1.54) is 0 Å². The summed E-state index contributed by atoms with van der Waals surface area (Å²) in [6.07, 6.45) is 5.28. The quantitative estimate of drug-likeness (QED) is 0.317. The van der Waals surface area contributed by atoms with Gasteiger partial charge in [0.2, 0.25) is 5.91 Å². The van der Waals surface area contributed by atoms with Gasteiger partial charge in [-0.2, -0.15) is 10.4 Å². The maximum absolute atomic E-state index is 13.6. The highest BCUT2D eigenvalue weighted by Crippen LogP contribution is 2.48. The van der Waals surface area contributed by atoms with Gasteiger partial charge in [0, 0.05) is 16.7 Å². The first-order valence-corrected chi connectivity index (χ1v) is 14.2. The van der Waals surface area contributed by atoms with Crippen molar-refractivity contribution in [1.29, 1.82) is 5.26 Å². The molecule has 0 saturated heterocycles. The Balaban J connectivity index is 1.16. The third-order valence-corrected chi connectivity index (χ3v) is 8.42. The molecule has 41 heavy (non-hydrogen) atoms. The highest BCUT2D eigenvalue weighted by Gasteiger charge is 2.46. The Kier molecular flexibility index (Phi) is 5.75. The normalized spacial score (nSPS) is 18.9. The van der Waals surface area contributed by atoms with Gasteiger partial charge in [-0.05, 0) is 75.8 Å². The van der Waals surface area contributed by atoms with E-state index in [0.717, 1.165) is 48.3 Å². The van der Waals surface area contributed by atoms with Crippen LogP contribution in [0.1, 0.15) is 79.3 Å². The van der Waals surface area contributed by atoms with Crippen molar-refractivity contribution < 1.29 is 14.0 Å². The Labute approximate surface area is 237 Å². The summed E-state index contributed by atoms with van der Waals surface area (Å²) in [6, 6.07) is 14.8. The van der Waals surface area contributed by atoms with Crippen molar-refractivity contribution in [1.82, 2.24) is 30.4 Å². The number of fused-ring (bicyclic) bond motifs is 1. The van der Waals surface area contributed by atoms with Crippen LogP contribution in [0.25, 0.3) is 22.4 Å². The number of aryl methyl sites for hydroxylation is 1. The molecule has 0 aliphatic heterocycles. The zero-order valence-corrected chi connectivity index (χ0v) is 23.1. The second kappa shape index (κ2) is 9.26. The molecule has 0 bridgehead atoms. The molecule has 0 unspecified atom stereocenters. The predicted octanol–water partition coefficient (Wildman–Crippen LogP) is 4.29. The standard InChI is InChI=1S/C31H31N7O3/c1-18-4-3-5-21(33-18)19-6-9-22-25(14-19)41-27(34-22)15-23(28(39)36-31(17-32)12-13-31)35-29(40)24-16-26(30(2)10-11-30)37-38(24)20-7-8-20/h3-6,9,14,16,20,23H,7-8,10-13,15H2,1-2H3,(H,35,40)(H,36,39)/t23-/m0/s1. The van der Waals surface area contributed by atoms with Crippen LogP contribution in [0.2, 0.25) is 0 Å². The number of hydrogen-bond acceptors (Lipinski definition) is 7. The molecule has 208 valence electrons. The second-order valence-electron chi connectivity index (χ2n) is 12.0. The fourth-order valence-electron chi connectivity index (χ4n) is 5.15. The minimum absolute atomic E-state index is 0.0160. The number of nitriles is 1. The van der Waals surface area contributed by atoms with Crippen LogP contribution in [0.5, 0.6) is 0 Å². The predicted molar refractivity (Wildman–Crippen MR) is 150 cm³/mol. The molecule has 1 aromatic carbocycles. The summed E-state index contributed by atoms with van der Waals surface area (Å²) in [5.41, 5.74) is 4.37. The number of carbonyl (C=O) groups excluding carboxylic acids is 2. The summed E-state index contributed by atoms with van der Waals surface area (Å²) in [6.45, 7) is 4.10. The number of amides is 2. The van der Waals surface area contributed by atoms with Crippen molar-refractivity contribution in [3.8, 4) is 17.3 Å². The zero-order valence-electron chi connectivity index (χ0n) is 23.1. The van der Waals surface area contributed by atoms with Crippen LogP contribution >= 0.6 is 0 Å². The van der Waals surface area contributed by atoms with Crippen LogP contribution in [0.4, 0.5) is 0 Å². The van der Waals surface area contributed by atoms with E-state index in [9.17, 15) is 14.9 Å². The van der Waals surface area contributed by atoms with Gasteiger partial charge in [-0.3, -0.25) is 19.3 Å². The molecule has 3 fully saturated rings. The number of benzene rings is 1. The van der Waals surface area contributed by atoms with Gasteiger partial charge in [-0.15, -0.1) is 0 Å². The molecule has 3 saturated carbocycles. The van der Waals surface area contributed by atoms with Crippen LogP contribution in [-0.4, -0.2) is 43.1 Å². The molecule has 7 rings (SSSR count). The van der Waals surface area contributed by atoms with Gasteiger partial charge in [-0.1, -0.05) is 19.1 Å². The molecule has 3 aliphatic carbocycles. The summed E-state index contributed by atoms with van der Waals surface area (Å²) >= 11 is 0. The molecule has 3 aliphatic rings. The Morgan fingerprint density at radius 3 is 2.63 bits per heavy atom. The number of nitrogens with one attached hydrogen (secondary N) is 2. The number of oxazole rings is 1. The molecule has 10 heteroatoms. The van der Waals surface area contributed by atoms with Crippen molar-refractivity contribution in [2.75, 3.05) is 0 Å². The Morgan fingerprint density at radius 2 is 1.95 bits per heavy atom. The topological polar surface area (TPSA) is 139 Å². The van der Waals surface area contributed by atoms with Gasteiger partial charge in [0.05, 0.1) is 29.9 Å². The van der Waals surface area contributed by atoms with Crippen molar-refractivity contribution >= 4 is 22.9 Å². The summed E-state index contributed by atoms with van der Waals surface area (Å²) < 4.78 is 7.90. The lowest BCUT2D eigenvalue weighted by Crippen LogP contribution is -2.51. The molecule has 3 heterocycles. The van der Waals surface area contributed by atoms with Crippen molar-refractivity contribution in [2.24, 2.45) is 0 Å². The Hall–Kier alpha value is -4.52. The van der Waals surface area contributed by atoms with Gasteiger partial charge in [-0.25, -0.2) is 4.98 Å². The Morgan fingerprint density at radius 1 is 1.15 bits per heavy atom. The zero-order chi connectivity index (χ0) is 28.4. The van der Waals surface area contributed by atoms with Gasteiger partial charge in [0.25, 0.3) is 5.91 Å². The highest BCUT2D eigenvalue weighted by molar-refractivity contribution is 5.97. The fourth-order valence-corrected chi connectivity index (χ4v) is 5.15. The van der Waals surface area contributed by atoms with Crippen LogP contribution in [0.3, 0.4) is 0 Å². The van der Waals surface area contributed by atoms with Gasteiger partial charge in [0.1, 0.15) is 22.8 Å². The van der Waals surface area contributed by atoms with E-state index < -0.39 is 17.5 Å². The van der Waals surface area contributed by atoms with E-state index in [2.05, 4.69) is 33.6 Å². The summed E-state index contributed by atoms with van der Waals surface area (Å²) in [5, 5.41) is 20.1. The molecule has 0 radical (unpaired) electrons. The summed E-state index contributed by atoms with van der Waals surface area (Å²) in [4.78, 5) is 36.3. The lowest BCUT2D eigenvalue weighted by Gasteiger charge is -2.19. The van der Waals surface area contributed by atoms with E-state index in [0.29, 0.717) is 35.5 Å². The van der Waals surface area contributed by atoms with Crippen LogP contribution in [0.15, 0.2) is 46.9 Å². The van der Waals surface area contributed by atoms with E-state index in [-0.39, 0.29) is 23.8 Å². The smallest absolute Gasteiger partial charge is 0.270 e. The van der Waals surface area contributed by atoms with E-state index in [1.54, 1.807) is 0 Å². The molecule has 2 N–H and O–H groups in total. The average Bonchev–Trinajstić information content (AvgIpc) is 3.93. The second-order valence-corrected chi connectivity index (χ2v) is 12.0. The highest BCUT2D eigenvalue weighted by atomic mass is 16.3. The monoisotopic (exact) mass is 549 g/mol. The van der Waals surface area contributed by atoms with Crippen molar-refractivity contribution in [3.05, 3.63) is 65.4 Å². The number of hydrogen-bond donors (Lipinski definition) is 2. The van der Waals surface area contributed by atoms with E-state index >= 15 is 0 Å². The van der Waals surface area contributed by atoms with Gasteiger partial charge >= 0.3 is 0 Å². The van der Waals surface area contributed by atoms with E-state index in [4.69, 9.17) is 9.52 Å². The van der Waals surface area contributed by atoms with Crippen molar-refractivity contribution in [3.63, 3.8) is 0 Å². The third-order valence-electron chi connectivity index (χ3n) is 8.42. The third kappa shape index (κ3) is 4.97. The van der Waals surface area contributed by atoms with E-state index in [1.807, 2.05) is 54.1 Å². The molecule has 10 nitrogen and oxygen atoms in total. The first-order valence-electron chi connectivity index (χ1n) is 14.2. The number of aromatic nitrogens is 4. The average molecular weight is 550 g/mol. The van der Waals surface area contributed by atoms with Gasteiger partial charge in [0.15, 0.2) is 11.5 Å². The first kappa shape index (κ1) is 25.4. The molecule has 1 atom stereocenters.